The minimum Gasteiger partial charge on any atom is -0.460 e. The fourth-order valence-electron chi connectivity index (χ4n) is 6.53. The molecule has 2 N–H and O–H groups in total. The van der Waals surface area contributed by atoms with Crippen LogP contribution in [0.15, 0.2) is 71.3 Å². The van der Waals surface area contributed by atoms with Gasteiger partial charge in [-0.25, -0.2) is 14.5 Å². The zero-order valence-electron chi connectivity index (χ0n) is 25.6. The van der Waals surface area contributed by atoms with Crippen LogP contribution in [-0.2, 0) is 14.3 Å². The third kappa shape index (κ3) is 5.62. The number of fused-ring (bicyclic) bond motifs is 2. The smallest absolute Gasteiger partial charge is 0.374 e. The van der Waals surface area contributed by atoms with E-state index in [2.05, 4.69) is 15.6 Å². The molecule has 1 aliphatic heterocycles. The van der Waals surface area contributed by atoms with Crippen LogP contribution in [0.25, 0.3) is 27.7 Å². The van der Waals surface area contributed by atoms with Crippen LogP contribution in [0.2, 0.25) is 0 Å². The lowest BCUT2D eigenvalue weighted by Gasteiger charge is -2.27. The quantitative estimate of drug-likeness (QED) is 0.204. The summed E-state index contributed by atoms with van der Waals surface area (Å²) in [5.74, 6) is -0.150. The molecule has 3 aromatic heterocycles. The fraction of sp³-hybridized carbons (Fsp3) is 0.343. The summed E-state index contributed by atoms with van der Waals surface area (Å²) in [4.78, 5) is 44.1. The van der Waals surface area contributed by atoms with Crippen molar-refractivity contribution in [2.24, 2.45) is 0 Å². The number of nitrogens with zero attached hydrogens (tertiary/aromatic N) is 3. The van der Waals surface area contributed by atoms with Crippen LogP contribution in [0.3, 0.4) is 0 Å². The number of hydrogen-bond acceptors (Lipinski definition) is 8. The number of furan rings is 1. The van der Waals surface area contributed by atoms with Crippen molar-refractivity contribution in [2.75, 3.05) is 25.1 Å². The Labute approximate surface area is 265 Å². The van der Waals surface area contributed by atoms with Crippen LogP contribution < -0.4 is 10.6 Å². The largest absolute Gasteiger partial charge is 0.460 e. The number of amides is 2. The van der Waals surface area contributed by atoms with Crippen molar-refractivity contribution in [1.29, 1.82) is 0 Å². The molecule has 0 bridgehead atoms. The van der Waals surface area contributed by atoms with Gasteiger partial charge in [-0.1, -0.05) is 31.4 Å². The third-order valence-electron chi connectivity index (χ3n) is 8.89. The maximum atomic E-state index is 13.7. The monoisotopic (exact) mass is 621 g/mol. The van der Waals surface area contributed by atoms with Gasteiger partial charge >= 0.3 is 5.97 Å². The van der Waals surface area contributed by atoms with Crippen LogP contribution in [0.5, 0.6) is 0 Å². The van der Waals surface area contributed by atoms with Gasteiger partial charge in [-0.2, -0.15) is 5.10 Å². The Bertz CT molecular complexity index is 1920. The van der Waals surface area contributed by atoms with Gasteiger partial charge in [0, 0.05) is 47.2 Å². The maximum absolute atomic E-state index is 13.7. The van der Waals surface area contributed by atoms with E-state index in [1.165, 1.54) is 19.3 Å². The van der Waals surface area contributed by atoms with Gasteiger partial charge in [-0.15, -0.1) is 0 Å². The number of rotatable bonds is 8. The molecular formula is C35H35N5O6. The van der Waals surface area contributed by atoms with Crippen LogP contribution in [0.1, 0.15) is 78.0 Å². The van der Waals surface area contributed by atoms with Crippen molar-refractivity contribution in [2.45, 2.75) is 56.9 Å². The summed E-state index contributed by atoms with van der Waals surface area (Å²) < 4.78 is 18.2. The molecule has 11 nitrogen and oxygen atoms in total. The molecule has 1 saturated heterocycles. The van der Waals surface area contributed by atoms with Crippen molar-refractivity contribution >= 4 is 45.3 Å². The van der Waals surface area contributed by atoms with Gasteiger partial charge in [0.1, 0.15) is 11.1 Å². The molecule has 46 heavy (non-hydrogen) atoms. The fourth-order valence-corrected chi connectivity index (χ4v) is 6.53. The van der Waals surface area contributed by atoms with Gasteiger partial charge in [0.25, 0.3) is 11.8 Å². The summed E-state index contributed by atoms with van der Waals surface area (Å²) in [6.45, 7) is 2.32. The maximum Gasteiger partial charge on any atom is 0.374 e. The molecule has 1 atom stereocenters. The van der Waals surface area contributed by atoms with Gasteiger partial charge in [0.15, 0.2) is 5.82 Å². The van der Waals surface area contributed by atoms with Crippen LogP contribution in [0.4, 0.5) is 5.69 Å². The molecule has 7 rings (SSSR count). The minimum atomic E-state index is -1.27. The summed E-state index contributed by atoms with van der Waals surface area (Å²) in [7, 11) is 0. The SMILES string of the molecule is CCOC(=O)c1cc2cc(NC(=O)[C@]3(NC(=O)c4ccc5c(C6CCCCC6)n(-c6ccccn6)nc5c4)CCOC3)ccc2o1. The molecule has 0 spiro atoms. The molecule has 2 amide bonds. The number of carbonyl (C=O) groups excluding carboxylic acids is 3. The molecule has 1 saturated carbocycles. The van der Waals surface area contributed by atoms with Crippen LogP contribution in [-0.4, -0.2) is 57.9 Å². The van der Waals surface area contributed by atoms with E-state index in [0.717, 1.165) is 29.7 Å². The van der Waals surface area contributed by atoms with E-state index >= 15 is 0 Å². The van der Waals surface area contributed by atoms with E-state index in [-0.39, 0.29) is 19.0 Å². The average Bonchev–Trinajstić information content (AvgIpc) is 3.83. The molecule has 236 valence electrons. The summed E-state index contributed by atoms with van der Waals surface area (Å²) >= 11 is 0. The molecule has 0 radical (unpaired) electrons. The number of pyridine rings is 1. The van der Waals surface area contributed by atoms with E-state index in [4.69, 9.17) is 19.0 Å². The first-order valence-electron chi connectivity index (χ1n) is 15.8. The number of anilines is 1. The van der Waals surface area contributed by atoms with Crippen molar-refractivity contribution < 1.29 is 28.3 Å². The highest BCUT2D eigenvalue weighted by molar-refractivity contribution is 6.06. The molecule has 2 fully saturated rings. The number of aromatic nitrogens is 3. The summed E-state index contributed by atoms with van der Waals surface area (Å²) in [5, 5.41) is 12.5. The summed E-state index contributed by atoms with van der Waals surface area (Å²) in [6, 6.07) is 17.9. The van der Waals surface area contributed by atoms with Crippen molar-refractivity contribution in [3.8, 4) is 5.82 Å². The standard InChI is InChI=1S/C35H35N5O6/c1-2-45-33(42)29-20-24-18-25(12-14-28(24)46-29)37-34(43)35(15-17-44-21-35)38-32(41)23-11-13-26-27(19-23)39-40(30-10-6-7-16-36-30)31(26)22-8-4-3-5-9-22/h6-7,10-14,16,18-20,22H,2-5,8-9,15,17,21H2,1H3,(H,37,43)(H,38,41)/t35-/m0/s1. The second-order valence-corrected chi connectivity index (χ2v) is 11.9. The number of ether oxygens (including phenoxy) is 2. The number of esters is 1. The zero-order chi connectivity index (χ0) is 31.7. The molecular weight excluding hydrogens is 586 g/mol. The van der Waals surface area contributed by atoms with Gasteiger partial charge < -0.3 is 24.5 Å². The predicted octanol–water partition coefficient (Wildman–Crippen LogP) is 5.92. The lowest BCUT2D eigenvalue weighted by Crippen LogP contribution is -2.57. The Kier molecular flexibility index (Phi) is 8.00. The average molecular weight is 622 g/mol. The topological polar surface area (TPSA) is 138 Å². The Hall–Kier alpha value is -5.03. The van der Waals surface area contributed by atoms with E-state index < -0.39 is 23.3 Å². The van der Waals surface area contributed by atoms with Gasteiger partial charge in [0.2, 0.25) is 5.76 Å². The summed E-state index contributed by atoms with van der Waals surface area (Å²) in [5.41, 5.74) is 1.94. The van der Waals surface area contributed by atoms with Gasteiger partial charge in [-0.05, 0) is 68.3 Å². The number of carbonyl (C=O) groups is 3. The van der Waals surface area contributed by atoms with Crippen molar-refractivity contribution in [3.63, 3.8) is 0 Å². The normalized spacial score (nSPS) is 18.5. The lowest BCUT2D eigenvalue weighted by molar-refractivity contribution is -0.122. The highest BCUT2D eigenvalue weighted by Crippen LogP contribution is 2.38. The molecule has 2 aliphatic rings. The molecule has 5 aromatic rings. The Balaban J connectivity index is 1.14. The predicted molar refractivity (Wildman–Crippen MR) is 171 cm³/mol. The first-order valence-corrected chi connectivity index (χ1v) is 15.8. The number of benzene rings is 2. The van der Waals surface area contributed by atoms with E-state index in [1.807, 2.05) is 28.9 Å². The second kappa shape index (κ2) is 12.4. The van der Waals surface area contributed by atoms with Gasteiger partial charge in [-0.3, -0.25) is 9.59 Å². The van der Waals surface area contributed by atoms with Crippen LogP contribution >= 0.6 is 0 Å². The van der Waals surface area contributed by atoms with E-state index in [9.17, 15) is 14.4 Å². The highest BCUT2D eigenvalue weighted by atomic mass is 16.5. The number of hydrogen-bond donors (Lipinski definition) is 2. The Morgan fingerprint density at radius 1 is 1.04 bits per heavy atom. The second-order valence-electron chi connectivity index (χ2n) is 11.9. The highest BCUT2D eigenvalue weighted by Gasteiger charge is 2.44. The van der Waals surface area contributed by atoms with E-state index in [1.54, 1.807) is 49.5 Å². The minimum absolute atomic E-state index is 0.0356. The summed E-state index contributed by atoms with van der Waals surface area (Å²) in [6.07, 6.45) is 7.85. The first-order chi connectivity index (χ1) is 22.4. The van der Waals surface area contributed by atoms with Crippen LogP contribution in [0, 0.1) is 0 Å². The first kappa shape index (κ1) is 29.7. The van der Waals surface area contributed by atoms with Crippen molar-refractivity contribution in [3.05, 3.63) is 83.9 Å². The third-order valence-corrected chi connectivity index (χ3v) is 8.89. The zero-order valence-corrected chi connectivity index (χ0v) is 25.6. The molecule has 11 heteroatoms. The van der Waals surface area contributed by atoms with E-state index in [0.29, 0.717) is 46.7 Å². The lowest BCUT2D eigenvalue weighted by atomic mass is 9.85. The molecule has 0 unspecified atom stereocenters. The Morgan fingerprint density at radius 3 is 2.67 bits per heavy atom. The molecule has 4 heterocycles. The van der Waals surface area contributed by atoms with Gasteiger partial charge in [0.05, 0.1) is 24.4 Å². The van der Waals surface area contributed by atoms with Crippen molar-refractivity contribution in [1.82, 2.24) is 20.1 Å². The number of nitrogens with one attached hydrogen (secondary N) is 2. The molecule has 2 aromatic carbocycles. The molecule has 1 aliphatic carbocycles. The Morgan fingerprint density at radius 2 is 1.91 bits per heavy atom.